The summed E-state index contributed by atoms with van der Waals surface area (Å²) in [6.45, 7) is 7.59. The van der Waals surface area contributed by atoms with Gasteiger partial charge >= 0.3 is 0 Å². The highest BCUT2D eigenvalue weighted by Gasteiger charge is 2.37. The molecule has 0 aromatic heterocycles. The van der Waals surface area contributed by atoms with Crippen molar-refractivity contribution in [2.45, 2.75) is 70.0 Å². The van der Waals surface area contributed by atoms with Crippen LogP contribution in [0.1, 0.15) is 51.9 Å². The van der Waals surface area contributed by atoms with Crippen LogP contribution in [0, 0.1) is 5.92 Å². The van der Waals surface area contributed by atoms with Gasteiger partial charge in [-0.1, -0.05) is 6.92 Å². The van der Waals surface area contributed by atoms with Crippen LogP contribution in [0.4, 0.5) is 0 Å². The molecule has 3 aliphatic heterocycles. The van der Waals surface area contributed by atoms with Gasteiger partial charge in [0.1, 0.15) is 0 Å². The van der Waals surface area contributed by atoms with Gasteiger partial charge in [-0.2, -0.15) is 0 Å². The zero-order valence-corrected chi connectivity index (χ0v) is 13.5. The molecule has 0 aliphatic carbocycles. The molecule has 0 saturated carbocycles. The van der Waals surface area contributed by atoms with Crippen LogP contribution in [0.25, 0.3) is 0 Å². The average molecular weight is 279 g/mol. The standard InChI is InChI=1S/C17H33N3/c1-14-6-10-20(11-7-14)9-3-8-18-15-12-16-4-5-17(13-15)19(16)2/h14-18H,3-13H2,1-2H3. The number of nitrogens with zero attached hydrogens (tertiary/aromatic N) is 2. The van der Waals surface area contributed by atoms with E-state index in [9.17, 15) is 0 Å². The Balaban J connectivity index is 1.29. The summed E-state index contributed by atoms with van der Waals surface area (Å²) in [5.74, 6) is 0.957. The van der Waals surface area contributed by atoms with E-state index >= 15 is 0 Å². The lowest BCUT2D eigenvalue weighted by atomic mass is 9.98. The van der Waals surface area contributed by atoms with Gasteiger partial charge in [0.2, 0.25) is 0 Å². The molecule has 3 aliphatic rings. The predicted molar refractivity (Wildman–Crippen MR) is 85.1 cm³/mol. The van der Waals surface area contributed by atoms with Gasteiger partial charge in [-0.3, -0.25) is 0 Å². The molecule has 3 fully saturated rings. The number of likely N-dealkylation sites (tertiary alicyclic amines) is 1. The van der Waals surface area contributed by atoms with E-state index in [4.69, 9.17) is 0 Å². The minimum atomic E-state index is 0.796. The topological polar surface area (TPSA) is 18.5 Å². The summed E-state index contributed by atoms with van der Waals surface area (Å²) in [4.78, 5) is 5.30. The van der Waals surface area contributed by atoms with E-state index in [0.717, 1.165) is 24.0 Å². The average Bonchev–Trinajstić information content (AvgIpc) is 2.67. The molecule has 20 heavy (non-hydrogen) atoms. The summed E-state index contributed by atoms with van der Waals surface area (Å²) in [6.07, 6.45) is 9.78. The highest BCUT2D eigenvalue weighted by Crippen LogP contribution is 2.34. The molecule has 1 N–H and O–H groups in total. The fraction of sp³-hybridized carbons (Fsp3) is 1.00. The van der Waals surface area contributed by atoms with Gasteiger partial charge in [0.25, 0.3) is 0 Å². The Morgan fingerprint density at radius 2 is 1.65 bits per heavy atom. The second-order valence-corrected chi connectivity index (χ2v) is 7.55. The number of piperidine rings is 2. The number of nitrogens with one attached hydrogen (secondary N) is 1. The molecular weight excluding hydrogens is 246 g/mol. The minimum absolute atomic E-state index is 0.796. The van der Waals surface area contributed by atoms with Gasteiger partial charge < -0.3 is 15.1 Å². The summed E-state index contributed by atoms with van der Waals surface area (Å²) in [5, 5.41) is 3.84. The van der Waals surface area contributed by atoms with Crippen LogP contribution < -0.4 is 5.32 Å². The predicted octanol–water partition coefficient (Wildman–Crippen LogP) is 2.32. The summed E-state index contributed by atoms with van der Waals surface area (Å²) in [6, 6.07) is 2.54. The molecule has 2 unspecified atom stereocenters. The molecule has 0 amide bonds. The summed E-state index contributed by atoms with van der Waals surface area (Å²) in [7, 11) is 2.33. The van der Waals surface area contributed by atoms with Crippen molar-refractivity contribution in [1.29, 1.82) is 0 Å². The first-order valence-electron chi connectivity index (χ1n) is 8.90. The Morgan fingerprint density at radius 3 is 2.30 bits per heavy atom. The lowest BCUT2D eigenvalue weighted by molar-refractivity contribution is 0.146. The van der Waals surface area contributed by atoms with Crippen LogP contribution in [0.2, 0.25) is 0 Å². The van der Waals surface area contributed by atoms with Crippen molar-refractivity contribution in [3.8, 4) is 0 Å². The van der Waals surface area contributed by atoms with E-state index in [-0.39, 0.29) is 0 Å². The van der Waals surface area contributed by atoms with Crippen LogP contribution in [-0.4, -0.2) is 61.2 Å². The molecule has 3 nitrogen and oxygen atoms in total. The number of rotatable bonds is 5. The van der Waals surface area contributed by atoms with E-state index in [1.807, 2.05) is 0 Å². The summed E-state index contributed by atoms with van der Waals surface area (Å²) < 4.78 is 0. The maximum Gasteiger partial charge on any atom is 0.0111 e. The number of hydrogen-bond acceptors (Lipinski definition) is 3. The molecular formula is C17H33N3. The van der Waals surface area contributed by atoms with Gasteiger partial charge in [0, 0.05) is 18.1 Å². The quantitative estimate of drug-likeness (QED) is 0.779. The van der Waals surface area contributed by atoms with Crippen LogP contribution in [0.15, 0.2) is 0 Å². The molecule has 0 spiro atoms. The maximum atomic E-state index is 3.84. The van der Waals surface area contributed by atoms with Gasteiger partial charge in [-0.15, -0.1) is 0 Å². The van der Waals surface area contributed by atoms with E-state index in [1.165, 1.54) is 71.1 Å². The van der Waals surface area contributed by atoms with Crippen molar-refractivity contribution >= 4 is 0 Å². The third-order valence-corrected chi connectivity index (χ3v) is 6.06. The molecule has 0 aromatic rings. The normalized spacial score (nSPS) is 36.6. The van der Waals surface area contributed by atoms with Gasteiger partial charge in [0.05, 0.1) is 0 Å². The molecule has 0 radical (unpaired) electrons. The fourth-order valence-electron chi connectivity index (χ4n) is 4.47. The highest BCUT2D eigenvalue weighted by molar-refractivity contribution is 4.95. The smallest absolute Gasteiger partial charge is 0.0111 e. The molecule has 3 heteroatoms. The molecule has 3 heterocycles. The molecule has 3 saturated heterocycles. The number of fused-ring (bicyclic) bond motifs is 2. The third kappa shape index (κ3) is 3.55. The highest BCUT2D eigenvalue weighted by atomic mass is 15.2. The Labute approximate surface area is 125 Å². The van der Waals surface area contributed by atoms with E-state index in [0.29, 0.717) is 0 Å². The van der Waals surface area contributed by atoms with Gasteiger partial charge in [0.15, 0.2) is 0 Å². The van der Waals surface area contributed by atoms with Crippen LogP contribution in [0.3, 0.4) is 0 Å². The lowest BCUT2D eigenvalue weighted by Gasteiger charge is -2.37. The Kier molecular flexibility index (Phi) is 5.00. The van der Waals surface area contributed by atoms with Crippen molar-refractivity contribution in [3.05, 3.63) is 0 Å². The zero-order valence-electron chi connectivity index (χ0n) is 13.5. The van der Waals surface area contributed by atoms with Crippen molar-refractivity contribution < 1.29 is 0 Å². The van der Waals surface area contributed by atoms with Crippen molar-refractivity contribution in [2.75, 3.05) is 33.2 Å². The molecule has 2 atom stereocenters. The van der Waals surface area contributed by atoms with Crippen molar-refractivity contribution in [3.63, 3.8) is 0 Å². The maximum absolute atomic E-state index is 3.84. The van der Waals surface area contributed by atoms with Crippen molar-refractivity contribution in [1.82, 2.24) is 15.1 Å². The minimum Gasteiger partial charge on any atom is -0.314 e. The third-order valence-electron chi connectivity index (χ3n) is 6.06. The SMILES string of the molecule is CC1CCN(CCCNC2CC3CCC(C2)N3C)CC1. The second-order valence-electron chi connectivity index (χ2n) is 7.55. The zero-order chi connectivity index (χ0) is 13.9. The fourth-order valence-corrected chi connectivity index (χ4v) is 4.47. The van der Waals surface area contributed by atoms with Crippen LogP contribution in [0.5, 0.6) is 0 Å². The van der Waals surface area contributed by atoms with Crippen molar-refractivity contribution in [2.24, 2.45) is 5.92 Å². The van der Waals surface area contributed by atoms with E-state index in [1.54, 1.807) is 0 Å². The summed E-state index contributed by atoms with van der Waals surface area (Å²) in [5.41, 5.74) is 0. The molecule has 116 valence electrons. The molecule has 0 aromatic carbocycles. The monoisotopic (exact) mass is 279 g/mol. The van der Waals surface area contributed by atoms with E-state index < -0.39 is 0 Å². The summed E-state index contributed by atoms with van der Waals surface area (Å²) >= 11 is 0. The second kappa shape index (κ2) is 6.76. The Hall–Kier alpha value is -0.120. The molecule has 2 bridgehead atoms. The first kappa shape index (κ1) is 14.8. The Morgan fingerprint density at radius 1 is 1.00 bits per heavy atom. The number of hydrogen-bond donors (Lipinski definition) is 1. The lowest BCUT2D eigenvalue weighted by Crippen LogP contribution is -2.47. The van der Waals surface area contributed by atoms with Gasteiger partial charge in [-0.05, 0) is 84.1 Å². The van der Waals surface area contributed by atoms with Crippen LogP contribution in [-0.2, 0) is 0 Å². The first-order chi connectivity index (χ1) is 9.72. The van der Waals surface area contributed by atoms with Gasteiger partial charge in [-0.25, -0.2) is 0 Å². The molecule has 3 rings (SSSR count). The first-order valence-corrected chi connectivity index (χ1v) is 8.90. The van der Waals surface area contributed by atoms with Crippen LogP contribution >= 0.6 is 0 Å². The van der Waals surface area contributed by atoms with E-state index in [2.05, 4.69) is 29.1 Å². The largest absolute Gasteiger partial charge is 0.314 e. The Bertz CT molecular complexity index is 285.